The molecule has 488 valence electrons. The Morgan fingerprint density at radius 1 is 0.298 bits per heavy atom. The van der Waals surface area contributed by atoms with Crippen LogP contribution >= 0.6 is 132 Å². The summed E-state index contributed by atoms with van der Waals surface area (Å²) in [6.45, 7) is 9.03. The predicted octanol–water partition coefficient (Wildman–Crippen LogP) is 26.1. The van der Waals surface area contributed by atoms with Crippen LogP contribution in [0.1, 0.15) is 204 Å². The van der Waals surface area contributed by atoms with Crippen LogP contribution in [-0.4, -0.2) is 17.6 Å². The summed E-state index contributed by atoms with van der Waals surface area (Å²) in [5.74, 6) is 0. The molecule has 0 atom stereocenters. The second-order valence-corrected chi connectivity index (χ2v) is 36.9. The molecular formula is C76H76Br4N4O4S6. The van der Waals surface area contributed by atoms with Crippen LogP contribution in [0.3, 0.4) is 0 Å². The molecule has 0 aliphatic rings. The second-order valence-electron chi connectivity index (χ2n) is 26.4. The lowest BCUT2D eigenvalue weighted by Gasteiger charge is -2.17. The smallest absolute Gasteiger partial charge is 0.263 e. The number of hydrogen-bond acceptors (Lipinski definition) is 10. The van der Waals surface area contributed by atoms with Gasteiger partial charge in [0.25, 0.3) is 22.2 Å². The minimum atomic E-state index is 0.0693. The minimum absolute atomic E-state index is 0.0693. The molecule has 2 aromatic carbocycles. The van der Waals surface area contributed by atoms with Crippen molar-refractivity contribution in [2.45, 2.75) is 207 Å². The van der Waals surface area contributed by atoms with E-state index in [4.69, 9.17) is 0 Å². The third-order valence-electron chi connectivity index (χ3n) is 20.4. The van der Waals surface area contributed by atoms with E-state index in [-0.39, 0.29) is 22.2 Å². The van der Waals surface area contributed by atoms with E-state index >= 15 is 0 Å². The summed E-state index contributed by atoms with van der Waals surface area (Å²) in [6, 6.07) is 12.9. The number of fused-ring (bicyclic) bond motifs is 16. The first kappa shape index (κ1) is 65.8. The first-order chi connectivity index (χ1) is 45.9. The summed E-state index contributed by atoms with van der Waals surface area (Å²) in [5, 5.41) is 11.7. The molecule has 0 aliphatic heterocycles. The van der Waals surface area contributed by atoms with Crippen LogP contribution in [0.4, 0.5) is 0 Å². The van der Waals surface area contributed by atoms with Crippen molar-refractivity contribution in [3.63, 3.8) is 0 Å². The molecule has 0 amide bonds. The van der Waals surface area contributed by atoms with E-state index in [1.54, 1.807) is 68.0 Å². The summed E-state index contributed by atoms with van der Waals surface area (Å²) in [6.07, 6.45) is 32.0. The highest BCUT2D eigenvalue weighted by Crippen LogP contribution is 2.51. The summed E-state index contributed by atoms with van der Waals surface area (Å²) < 4.78 is 20.9. The number of rotatable bonds is 28. The van der Waals surface area contributed by atoms with Crippen LogP contribution in [0, 0.1) is 0 Å². The van der Waals surface area contributed by atoms with Crippen molar-refractivity contribution in [3.05, 3.63) is 127 Å². The predicted molar refractivity (Wildman–Crippen MR) is 428 cm³/mol. The first-order valence-corrected chi connectivity index (χ1v) is 42.7. The molecule has 94 heavy (non-hydrogen) atoms. The normalized spacial score (nSPS) is 12.8. The number of pyridine rings is 4. The van der Waals surface area contributed by atoms with Gasteiger partial charge in [0.05, 0.1) is 120 Å². The Labute approximate surface area is 602 Å². The Morgan fingerprint density at radius 2 is 0.564 bits per heavy atom. The van der Waals surface area contributed by atoms with Crippen molar-refractivity contribution >= 4 is 257 Å². The third kappa shape index (κ3) is 11.0. The standard InChI is InChI=1S/2C38H38Br2N2O2S3/c1-3-5-7-9-11-13-15-21-22(16-14-12-10-8-6-4-2)30-32-31-29(21)37(43)41-25(17-27-33(41)23(39)19-45-27)35(31)47-36(32)26-18-28-34(24(40)20-46-28)42(26)38(30)44;1-3-5-7-9-11-13-15-21-22(16-14-12-10-8-6-4-2)32-34-33-31(21)37(43)41-23-19-29(39)45-27(23)17-25(41)35(33)47-36(34)26-18-28-24(20-30(40)46-28)42(26)38(32)44/h2*17-20H,3-16H2,1-2H3. The van der Waals surface area contributed by atoms with Crippen LogP contribution in [0.2, 0.25) is 0 Å². The van der Waals surface area contributed by atoms with Gasteiger partial charge in [0.2, 0.25) is 0 Å². The molecule has 0 saturated carbocycles. The molecule has 0 spiro atoms. The van der Waals surface area contributed by atoms with Gasteiger partial charge in [-0.1, -0.05) is 156 Å². The second kappa shape index (κ2) is 27.6. The molecule has 0 fully saturated rings. The van der Waals surface area contributed by atoms with Crippen molar-refractivity contribution in [1.82, 2.24) is 17.6 Å². The fourth-order valence-electron chi connectivity index (χ4n) is 16.0. The van der Waals surface area contributed by atoms with Gasteiger partial charge >= 0.3 is 0 Å². The van der Waals surface area contributed by atoms with Crippen LogP contribution < -0.4 is 22.2 Å². The maximum atomic E-state index is 15.0. The van der Waals surface area contributed by atoms with Crippen LogP contribution in [-0.2, 0) is 25.7 Å². The molecule has 14 aromatic heterocycles. The van der Waals surface area contributed by atoms with Gasteiger partial charge in [-0.3, -0.25) is 36.8 Å². The van der Waals surface area contributed by atoms with E-state index in [0.717, 1.165) is 241 Å². The van der Waals surface area contributed by atoms with Crippen molar-refractivity contribution < 1.29 is 0 Å². The molecule has 14 heterocycles. The lowest BCUT2D eigenvalue weighted by atomic mass is 9.87. The molecule has 18 heteroatoms. The van der Waals surface area contributed by atoms with Gasteiger partial charge in [-0.15, -0.1) is 68.0 Å². The Morgan fingerprint density at radius 3 is 0.872 bits per heavy atom. The van der Waals surface area contributed by atoms with E-state index in [2.05, 4.69) is 139 Å². The fourth-order valence-corrected chi connectivity index (χ4v) is 25.0. The summed E-state index contributed by atoms with van der Waals surface area (Å²) in [4.78, 5) is 59.8. The SMILES string of the molecule is CCCCCCCCc1c(CCCCCCCC)c2c(=O)n3c(cc4scc(Br)c43)c3sc4c(c1c(=O)n1c4cc4scc(Br)c41)c23.CCCCCCCCc1c(CCCCCCCC)c2c(=O)n3c4cc(Br)sc4cc3c3sc4c(c1c(=O)n1c5cc(Br)sc5cc41)c23. The first-order valence-electron chi connectivity index (χ1n) is 34.6. The number of halogens is 4. The lowest BCUT2D eigenvalue weighted by molar-refractivity contribution is 0.600. The van der Waals surface area contributed by atoms with E-state index in [0.29, 0.717) is 0 Å². The Kier molecular flexibility index (Phi) is 19.3. The highest BCUT2D eigenvalue weighted by Gasteiger charge is 2.32. The topological polar surface area (TPSA) is 85.9 Å². The number of benzene rings is 2. The molecule has 0 radical (unpaired) electrons. The molecule has 16 aromatic rings. The van der Waals surface area contributed by atoms with E-state index in [9.17, 15) is 19.2 Å². The number of hydrogen-bond donors (Lipinski definition) is 0. The van der Waals surface area contributed by atoms with Crippen LogP contribution in [0.25, 0.3) is 125 Å². The van der Waals surface area contributed by atoms with Crippen LogP contribution in [0.5, 0.6) is 0 Å². The Balaban J connectivity index is 0.000000155. The molecule has 0 aliphatic carbocycles. The molecule has 0 bridgehead atoms. The average Bonchev–Trinajstić information content (AvgIpc) is 1.50. The molecule has 0 saturated heterocycles. The van der Waals surface area contributed by atoms with Gasteiger partial charge in [0.1, 0.15) is 0 Å². The van der Waals surface area contributed by atoms with Gasteiger partial charge in [0.15, 0.2) is 0 Å². The highest BCUT2D eigenvalue weighted by atomic mass is 79.9. The van der Waals surface area contributed by atoms with Crippen LogP contribution in [0.15, 0.2) is 82.9 Å². The van der Waals surface area contributed by atoms with Gasteiger partial charge in [-0.25, -0.2) is 0 Å². The molecule has 8 nitrogen and oxygen atoms in total. The van der Waals surface area contributed by atoms with Gasteiger partial charge < -0.3 is 0 Å². The maximum Gasteiger partial charge on any atom is 0.263 e. The van der Waals surface area contributed by atoms with Gasteiger partial charge in [-0.05, 0) is 174 Å². The maximum absolute atomic E-state index is 15.0. The van der Waals surface area contributed by atoms with E-state index < -0.39 is 0 Å². The van der Waals surface area contributed by atoms with Crippen molar-refractivity contribution in [2.75, 3.05) is 0 Å². The number of aromatic nitrogens is 4. The summed E-state index contributed by atoms with van der Waals surface area (Å²) in [5.41, 5.74) is 12.6. The molecule has 0 unspecified atom stereocenters. The Bertz CT molecular complexity index is 5420. The fraction of sp³-hybridized carbons (Fsp3) is 0.421. The summed E-state index contributed by atoms with van der Waals surface area (Å²) in [7, 11) is 0. The average molecular weight is 1620 g/mol. The zero-order valence-electron chi connectivity index (χ0n) is 53.8. The molecular weight excluding hydrogens is 1540 g/mol. The zero-order chi connectivity index (χ0) is 64.8. The quantitative estimate of drug-likeness (QED) is 0.0361. The van der Waals surface area contributed by atoms with E-state index in [1.165, 1.54) is 103 Å². The van der Waals surface area contributed by atoms with E-state index in [1.807, 2.05) is 17.6 Å². The number of aryl methyl sites for hydroxylation is 4. The monoisotopic (exact) mass is 1620 g/mol. The summed E-state index contributed by atoms with van der Waals surface area (Å²) >= 11 is 25.1. The largest absolute Gasteiger partial charge is 0.274 e. The molecule has 0 N–H and O–H groups in total. The van der Waals surface area contributed by atoms with Gasteiger partial charge in [0, 0.05) is 32.3 Å². The van der Waals surface area contributed by atoms with Crippen molar-refractivity contribution in [1.29, 1.82) is 0 Å². The third-order valence-corrected chi connectivity index (χ3v) is 29.6. The van der Waals surface area contributed by atoms with Crippen molar-refractivity contribution in [2.24, 2.45) is 0 Å². The lowest BCUT2D eigenvalue weighted by Crippen LogP contribution is -2.19. The van der Waals surface area contributed by atoms with Crippen molar-refractivity contribution in [3.8, 4) is 0 Å². The molecule has 16 rings (SSSR count). The number of thiophene rings is 6. The van der Waals surface area contributed by atoms with Gasteiger partial charge in [-0.2, -0.15) is 0 Å². The Hall–Kier alpha value is -4.08. The number of unbranched alkanes of at least 4 members (excludes halogenated alkanes) is 20. The minimum Gasteiger partial charge on any atom is -0.274 e. The zero-order valence-corrected chi connectivity index (χ0v) is 65.0. The number of nitrogens with zero attached hydrogens (tertiary/aromatic N) is 4. The highest BCUT2D eigenvalue weighted by molar-refractivity contribution is 9.11.